The lowest BCUT2D eigenvalue weighted by atomic mass is 10.1. The van der Waals surface area contributed by atoms with Crippen LogP contribution in [0, 0.1) is 0 Å². The van der Waals surface area contributed by atoms with E-state index in [9.17, 15) is 18.0 Å². The minimum absolute atomic E-state index is 0.0418. The third-order valence-corrected chi connectivity index (χ3v) is 5.21. The molecular formula is C21H15F3N4O3S. The van der Waals surface area contributed by atoms with Gasteiger partial charge in [0.15, 0.2) is 5.16 Å². The van der Waals surface area contributed by atoms with E-state index in [0.29, 0.717) is 16.6 Å². The highest BCUT2D eigenvalue weighted by Crippen LogP contribution is 2.31. The second-order valence-electron chi connectivity index (χ2n) is 6.54. The van der Waals surface area contributed by atoms with Crippen LogP contribution in [0.25, 0.3) is 22.6 Å². The topological polar surface area (TPSA) is 93.9 Å². The summed E-state index contributed by atoms with van der Waals surface area (Å²) >= 11 is 1.15. The molecule has 0 radical (unpaired) electrons. The number of rotatable bonds is 6. The van der Waals surface area contributed by atoms with Crippen LogP contribution in [0.5, 0.6) is 5.75 Å². The number of benzene rings is 2. The second-order valence-corrected chi connectivity index (χ2v) is 7.51. The SMILES string of the molecule is COc1ccc(-c2cc(=O)[nH]c(SCc3nc(-c4cccc(C(F)(F)F)c4)no3)n2)cc1. The molecule has 0 amide bonds. The molecule has 0 unspecified atom stereocenters. The van der Waals surface area contributed by atoms with Crippen LogP contribution in [0.3, 0.4) is 0 Å². The lowest BCUT2D eigenvalue weighted by Crippen LogP contribution is -2.08. The number of thioether (sulfide) groups is 1. The van der Waals surface area contributed by atoms with E-state index in [2.05, 4.69) is 20.1 Å². The number of H-pyrrole nitrogens is 1. The average molecular weight is 460 g/mol. The summed E-state index contributed by atoms with van der Waals surface area (Å²) in [6.45, 7) is 0. The summed E-state index contributed by atoms with van der Waals surface area (Å²) in [5.74, 6) is 1.07. The van der Waals surface area contributed by atoms with E-state index in [4.69, 9.17) is 9.26 Å². The largest absolute Gasteiger partial charge is 0.497 e. The summed E-state index contributed by atoms with van der Waals surface area (Å²) in [5, 5.41) is 4.09. The third kappa shape index (κ3) is 4.99. The Morgan fingerprint density at radius 2 is 1.84 bits per heavy atom. The van der Waals surface area contributed by atoms with Crippen molar-refractivity contribution >= 4 is 11.8 Å². The van der Waals surface area contributed by atoms with Crippen molar-refractivity contribution in [2.45, 2.75) is 17.1 Å². The molecule has 2 aromatic heterocycles. The van der Waals surface area contributed by atoms with Crippen LogP contribution in [-0.2, 0) is 11.9 Å². The molecule has 0 spiro atoms. The van der Waals surface area contributed by atoms with Gasteiger partial charge < -0.3 is 14.2 Å². The predicted octanol–water partition coefficient (Wildman–Crippen LogP) is 4.81. The molecular weight excluding hydrogens is 445 g/mol. The smallest absolute Gasteiger partial charge is 0.416 e. The predicted molar refractivity (Wildman–Crippen MR) is 111 cm³/mol. The summed E-state index contributed by atoms with van der Waals surface area (Å²) in [4.78, 5) is 23.2. The van der Waals surface area contributed by atoms with Crippen molar-refractivity contribution in [2.75, 3.05) is 7.11 Å². The van der Waals surface area contributed by atoms with Gasteiger partial charge in [-0.2, -0.15) is 18.2 Å². The van der Waals surface area contributed by atoms with Gasteiger partial charge in [-0.3, -0.25) is 4.79 Å². The van der Waals surface area contributed by atoms with Crippen LogP contribution in [0.15, 0.2) is 69.1 Å². The molecule has 0 saturated heterocycles. The standard InChI is InChI=1S/C21H15F3N4O3S/c1-30-15-7-5-12(6-8-15)16-10-17(29)26-20(25-16)32-11-18-27-19(28-31-18)13-3-2-4-14(9-13)21(22,23)24/h2-10H,11H2,1H3,(H,25,26,29). The van der Waals surface area contributed by atoms with Crippen LogP contribution in [0.2, 0.25) is 0 Å². The van der Waals surface area contributed by atoms with E-state index in [1.165, 1.54) is 18.2 Å². The van der Waals surface area contributed by atoms with Gasteiger partial charge in [0.25, 0.3) is 5.56 Å². The molecule has 0 aliphatic carbocycles. The summed E-state index contributed by atoms with van der Waals surface area (Å²) in [7, 11) is 1.56. The quantitative estimate of drug-likeness (QED) is 0.326. The Kier molecular flexibility index (Phi) is 5.99. The first-order valence-corrected chi connectivity index (χ1v) is 10.2. The Labute approximate surface area is 183 Å². The zero-order valence-electron chi connectivity index (χ0n) is 16.5. The zero-order chi connectivity index (χ0) is 22.7. The zero-order valence-corrected chi connectivity index (χ0v) is 17.3. The van der Waals surface area contributed by atoms with Crippen molar-refractivity contribution in [3.05, 3.63) is 76.4 Å². The Bertz CT molecular complexity index is 1290. The minimum Gasteiger partial charge on any atom is -0.497 e. The van der Waals surface area contributed by atoms with E-state index in [1.807, 2.05) is 0 Å². The van der Waals surface area contributed by atoms with Gasteiger partial charge in [0.1, 0.15) is 5.75 Å². The number of methoxy groups -OCH3 is 1. The van der Waals surface area contributed by atoms with E-state index in [1.54, 1.807) is 31.4 Å². The molecule has 4 aromatic rings. The Hall–Kier alpha value is -3.60. The molecule has 7 nitrogen and oxygen atoms in total. The monoisotopic (exact) mass is 460 g/mol. The van der Waals surface area contributed by atoms with E-state index >= 15 is 0 Å². The number of nitrogens with one attached hydrogen (secondary N) is 1. The molecule has 4 rings (SSSR count). The molecule has 0 aliphatic heterocycles. The normalized spacial score (nSPS) is 11.5. The number of hydrogen-bond acceptors (Lipinski definition) is 7. The Morgan fingerprint density at radius 1 is 1.06 bits per heavy atom. The molecule has 0 bridgehead atoms. The van der Waals surface area contributed by atoms with Gasteiger partial charge in [-0.05, 0) is 36.4 Å². The van der Waals surface area contributed by atoms with Crippen LogP contribution in [0.4, 0.5) is 13.2 Å². The maximum absolute atomic E-state index is 12.9. The number of alkyl halides is 3. The molecule has 0 saturated carbocycles. The maximum Gasteiger partial charge on any atom is 0.416 e. The van der Waals surface area contributed by atoms with E-state index in [0.717, 1.165) is 29.5 Å². The lowest BCUT2D eigenvalue weighted by Gasteiger charge is -2.06. The van der Waals surface area contributed by atoms with Gasteiger partial charge in [-0.1, -0.05) is 29.1 Å². The first-order valence-electron chi connectivity index (χ1n) is 9.20. The molecule has 0 atom stereocenters. The van der Waals surface area contributed by atoms with Gasteiger partial charge in [0, 0.05) is 17.2 Å². The summed E-state index contributed by atoms with van der Waals surface area (Å²) < 4.78 is 49.0. The third-order valence-electron chi connectivity index (χ3n) is 4.35. The van der Waals surface area contributed by atoms with Crippen molar-refractivity contribution in [2.24, 2.45) is 0 Å². The fourth-order valence-electron chi connectivity index (χ4n) is 2.81. The van der Waals surface area contributed by atoms with Gasteiger partial charge in [0.05, 0.1) is 24.1 Å². The summed E-state index contributed by atoms with van der Waals surface area (Å²) in [5.41, 5.74) is 0.279. The molecule has 2 aromatic carbocycles. The van der Waals surface area contributed by atoms with E-state index < -0.39 is 11.7 Å². The molecule has 1 N–H and O–H groups in total. The van der Waals surface area contributed by atoms with Crippen LogP contribution in [-0.4, -0.2) is 27.2 Å². The number of halogens is 3. The van der Waals surface area contributed by atoms with Gasteiger partial charge >= 0.3 is 6.18 Å². The van der Waals surface area contributed by atoms with Gasteiger partial charge in [0.2, 0.25) is 11.7 Å². The van der Waals surface area contributed by atoms with Crippen molar-refractivity contribution in [3.63, 3.8) is 0 Å². The van der Waals surface area contributed by atoms with Crippen molar-refractivity contribution in [1.29, 1.82) is 0 Å². The summed E-state index contributed by atoms with van der Waals surface area (Å²) in [6.07, 6.45) is -4.47. The number of aromatic amines is 1. The molecule has 32 heavy (non-hydrogen) atoms. The average Bonchev–Trinajstić information content (AvgIpc) is 3.26. The highest BCUT2D eigenvalue weighted by atomic mass is 32.2. The maximum atomic E-state index is 12.9. The number of nitrogens with zero attached hydrogens (tertiary/aromatic N) is 3. The van der Waals surface area contributed by atoms with Gasteiger partial charge in [-0.15, -0.1) is 0 Å². The second kappa shape index (κ2) is 8.87. The van der Waals surface area contributed by atoms with Crippen LogP contribution in [0.1, 0.15) is 11.5 Å². The van der Waals surface area contributed by atoms with Crippen molar-refractivity contribution in [1.82, 2.24) is 20.1 Å². The molecule has 11 heteroatoms. The highest BCUT2D eigenvalue weighted by molar-refractivity contribution is 7.98. The van der Waals surface area contributed by atoms with Gasteiger partial charge in [-0.25, -0.2) is 4.98 Å². The number of ether oxygens (including phenoxy) is 1. The van der Waals surface area contributed by atoms with Crippen molar-refractivity contribution < 1.29 is 22.4 Å². The van der Waals surface area contributed by atoms with E-state index in [-0.39, 0.29) is 28.6 Å². The highest BCUT2D eigenvalue weighted by Gasteiger charge is 2.30. The first kappa shape index (κ1) is 21.6. The fraction of sp³-hybridized carbons (Fsp3) is 0.143. The molecule has 0 fully saturated rings. The minimum atomic E-state index is -4.47. The van der Waals surface area contributed by atoms with Crippen LogP contribution < -0.4 is 10.3 Å². The lowest BCUT2D eigenvalue weighted by molar-refractivity contribution is -0.137. The first-order chi connectivity index (χ1) is 15.3. The number of aromatic nitrogens is 4. The van der Waals surface area contributed by atoms with Crippen molar-refractivity contribution in [3.8, 4) is 28.4 Å². The summed E-state index contributed by atoms with van der Waals surface area (Å²) in [6, 6.07) is 13.2. The molecule has 164 valence electrons. The molecule has 2 heterocycles. The fourth-order valence-corrected chi connectivity index (χ4v) is 3.52. The number of hydrogen-bond donors (Lipinski definition) is 1. The molecule has 0 aliphatic rings. The Morgan fingerprint density at radius 3 is 2.56 bits per heavy atom. The van der Waals surface area contributed by atoms with Crippen LogP contribution >= 0.6 is 11.8 Å². The Balaban J connectivity index is 1.49.